The van der Waals surface area contributed by atoms with E-state index >= 15 is 0 Å². The Morgan fingerprint density at radius 1 is 1.36 bits per heavy atom. The highest BCUT2D eigenvalue weighted by Crippen LogP contribution is 2.28. The molecule has 1 rings (SSSR count). The quantitative estimate of drug-likeness (QED) is 0.772. The SMILES string of the molecule is NC1CCC(C(=O)CCC(F)(F)F)C1. The summed E-state index contributed by atoms with van der Waals surface area (Å²) in [5.41, 5.74) is 5.57. The van der Waals surface area contributed by atoms with Crippen LogP contribution >= 0.6 is 0 Å². The van der Waals surface area contributed by atoms with Crippen LogP contribution in [-0.2, 0) is 4.79 Å². The molecule has 0 aromatic heterocycles. The summed E-state index contributed by atoms with van der Waals surface area (Å²) in [6, 6.07) is -0.00478. The molecule has 0 spiro atoms. The van der Waals surface area contributed by atoms with E-state index in [1.54, 1.807) is 0 Å². The van der Waals surface area contributed by atoms with Crippen molar-refractivity contribution in [2.45, 2.75) is 44.3 Å². The Labute approximate surface area is 80.7 Å². The van der Waals surface area contributed by atoms with Gasteiger partial charge in [-0.2, -0.15) is 13.2 Å². The van der Waals surface area contributed by atoms with Gasteiger partial charge in [-0.25, -0.2) is 0 Å². The molecule has 0 aliphatic heterocycles. The molecule has 2 unspecified atom stereocenters. The second-order valence-corrected chi connectivity index (χ2v) is 3.85. The van der Waals surface area contributed by atoms with Gasteiger partial charge in [-0.3, -0.25) is 4.79 Å². The molecule has 14 heavy (non-hydrogen) atoms. The highest BCUT2D eigenvalue weighted by atomic mass is 19.4. The number of ketones is 1. The fraction of sp³-hybridized carbons (Fsp3) is 0.889. The van der Waals surface area contributed by atoms with Crippen LogP contribution in [0, 0.1) is 5.92 Å². The fourth-order valence-electron chi connectivity index (χ4n) is 1.78. The monoisotopic (exact) mass is 209 g/mol. The minimum atomic E-state index is -4.23. The van der Waals surface area contributed by atoms with Crippen molar-refractivity contribution in [3.63, 3.8) is 0 Å². The summed E-state index contributed by atoms with van der Waals surface area (Å²) in [7, 11) is 0. The highest BCUT2D eigenvalue weighted by molar-refractivity contribution is 5.81. The number of alkyl halides is 3. The molecule has 0 radical (unpaired) electrons. The first kappa shape index (κ1) is 11.5. The molecule has 1 aliphatic rings. The van der Waals surface area contributed by atoms with Gasteiger partial charge in [0.15, 0.2) is 0 Å². The van der Waals surface area contributed by atoms with Gasteiger partial charge in [0.1, 0.15) is 5.78 Å². The maximum Gasteiger partial charge on any atom is 0.389 e. The van der Waals surface area contributed by atoms with E-state index in [2.05, 4.69) is 0 Å². The number of rotatable bonds is 3. The molecule has 82 valence electrons. The van der Waals surface area contributed by atoms with Gasteiger partial charge in [-0.05, 0) is 19.3 Å². The van der Waals surface area contributed by atoms with Crippen LogP contribution in [0.3, 0.4) is 0 Å². The Hall–Kier alpha value is -0.580. The molecular formula is C9H14F3NO. The van der Waals surface area contributed by atoms with Crippen molar-refractivity contribution < 1.29 is 18.0 Å². The second-order valence-electron chi connectivity index (χ2n) is 3.85. The molecule has 0 saturated heterocycles. The average Bonchev–Trinajstić information content (AvgIpc) is 2.46. The molecule has 0 heterocycles. The molecule has 2 N–H and O–H groups in total. The van der Waals surface area contributed by atoms with Crippen LogP contribution in [0.5, 0.6) is 0 Å². The van der Waals surface area contributed by atoms with Crippen LogP contribution < -0.4 is 5.73 Å². The van der Waals surface area contributed by atoms with Crippen LogP contribution in [-0.4, -0.2) is 18.0 Å². The zero-order valence-electron chi connectivity index (χ0n) is 7.81. The minimum Gasteiger partial charge on any atom is -0.328 e. The van der Waals surface area contributed by atoms with E-state index in [1.807, 2.05) is 0 Å². The predicted molar refractivity (Wildman–Crippen MR) is 45.6 cm³/mol. The number of Topliss-reactive ketones (excluding diaryl/α,β-unsaturated/α-hetero) is 1. The maximum absolute atomic E-state index is 11.8. The average molecular weight is 209 g/mol. The third-order valence-electron chi connectivity index (χ3n) is 2.58. The fourth-order valence-corrected chi connectivity index (χ4v) is 1.78. The normalized spacial score (nSPS) is 28.0. The maximum atomic E-state index is 11.8. The first-order valence-electron chi connectivity index (χ1n) is 4.73. The standard InChI is InChI=1S/C9H14F3NO/c10-9(11,12)4-3-8(14)6-1-2-7(13)5-6/h6-7H,1-5,13H2. The second kappa shape index (κ2) is 4.29. The molecule has 0 amide bonds. The van der Waals surface area contributed by atoms with Gasteiger partial charge >= 0.3 is 6.18 Å². The zero-order chi connectivity index (χ0) is 10.8. The summed E-state index contributed by atoms with van der Waals surface area (Å²) in [5.74, 6) is -0.511. The van der Waals surface area contributed by atoms with E-state index in [0.29, 0.717) is 12.8 Å². The minimum absolute atomic E-state index is 0.00478. The van der Waals surface area contributed by atoms with Crippen LogP contribution in [0.15, 0.2) is 0 Å². The van der Waals surface area contributed by atoms with E-state index < -0.39 is 12.6 Å². The molecule has 1 fully saturated rings. The summed E-state index contributed by atoms with van der Waals surface area (Å²) in [4.78, 5) is 11.3. The van der Waals surface area contributed by atoms with Gasteiger partial charge in [0.05, 0.1) is 6.42 Å². The smallest absolute Gasteiger partial charge is 0.328 e. The molecule has 0 aromatic rings. The third kappa shape index (κ3) is 3.65. The van der Waals surface area contributed by atoms with Crippen LogP contribution in [0.2, 0.25) is 0 Å². The molecule has 5 heteroatoms. The molecular weight excluding hydrogens is 195 g/mol. The first-order chi connectivity index (χ1) is 6.38. The number of hydrogen-bond donors (Lipinski definition) is 1. The molecule has 0 aromatic carbocycles. The van der Waals surface area contributed by atoms with Gasteiger partial charge in [0, 0.05) is 18.4 Å². The predicted octanol–water partition coefficient (Wildman–Crippen LogP) is 2.03. The van der Waals surface area contributed by atoms with Crippen molar-refractivity contribution in [1.82, 2.24) is 0 Å². The van der Waals surface area contributed by atoms with Gasteiger partial charge in [-0.1, -0.05) is 0 Å². The van der Waals surface area contributed by atoms with E-state index in [9.17, 15) is 18.0 Å². The van der Waals surface area contributed by atoms with Crippen molar-refractivity contribution in [3.05, 3.63) is 0 Å². The number of carbonyl (C=O) groups excluding carboxylic acids is 1. The molecule has 0 bridgehead atoms. The molecule has 2 atom stereocenters. The van der Waals surface area contributed by atoms with Crippen LogP contribution in [0.1, 0.15) is 32.1 Å². The Balaban J connectivity index is 2.29. The lowest BCUT2D eigenvalue weighted by Gasteiger charge is -2.09. The number of nitrogens with two attached hydrogens (primary N) is 1. The third-order valence-corrected chi connectivity index (χ3v) is 2.58. The Kier molecular flexibility index (Phi) is 3.53. The van der Waals surface area contributed by atoms with Crippen molar-refractivity contribution in [3.8, 4) is 0 Å². The summed E-state index contributed by atoms with van der Waals surface area (Å²) >= 11 is 0. The Bertz CT molecular complexity index is 215. The topological polar surface area (TPSA) is 43.1 Å². The van der Waals surface area contributed by atoms with E-state index in [1.165, 1.54) is 0 Å². The van der Waals surface area contributed by atoms with Crippen molar-refractivity contribution in [2.24, 2.45) is 11.7 Å². The molecule has 1 aliphatic carbocycles. The van der Waals surface area contributed by atoms with Gasteiger partial charge in [-0.15, -0.1) is 0 Å². The van der Waals surface area contributed by atoms with Crippen molar-refractivity contribution in [2.75, 3.05) is 0 Å². The summed E-state index contributed by atoms with van der Waals surface area (Å²) < 4.78 is 35.4. The Morgan fingerprint density at radius 3 is 2.43 bits per heavy atom. The Morgan fingerprint density at radius 2 is 2.00 bits per heavy atom. The lowest BCUT2D eigenvalue weighted by Crippen LogP contribution is -2.19. The summed E-state index contributed by atoms with van der Waals surface area (Å²) in [5, 5.41) is 0. The van der Waals surface area contributed by atoms with Gasteiger partial charge in [0.25, 0.3) is 0 Å². The van der Waals surface area contributed by atoms with Crippen LogP contribution in [0.4, 0.5) is 13.2 Å². The summed E-state index contributed by atoms with van der Waals surface area (Å²) in [6.07, 6.45) is -3.66. The zero-order valence-corrected chi connectivity index (χ0v) is 7.81. The van der Waals surface area contributed by atoms with Crippen LogP contribution in [0.25, 0.3) is 0 Å². The first-order valence-corrected chi connectivity index (χ1v) is 4.73. The lowest BCUT2D eigenvalue weighted by molar-refractivity contribution is -0.144. The number of carbonyl (C=O) groups is 1. The lowest BCUT2D eigenvalue weighted by atomic mass is 9.98. The highest BCUT2D eigenvalue weighted by Gasteiger charge is 2.32. The van der Waals surface area contributed by atoms with E-state index in [0.717, 1.165) is 6.42 Å². The van der Waals surface area contributed by atoms with Gasteiger partial charge in [0.2, 0.25) is 0 Å². The summed E-state index contributed by atoms with van der Waals surface area (Å²) in [6.45, 7) is 0. The largest absolute Gasteiger partial charge is 0.389 e. The van der Waals surface area contributed by atoms with Crippen molar-refractivity contribution >= 4 is 5.78 Å². The molecule has 2 nitrogen and oxygen atoms in total. The van der Waals surface area contributed by atoms with E-state index in [4.69, 9.17) is 5.73 Å². The number of hydrogen-bond acceptors (Lipinski definition) is 2. The number of halogens is 3. The van der Waals surface area contributed by atoms with E-state index in [-0.39, 0.29) is 24.2 Å². The van der Waals surface area contributed by atoms with Gasteiger partial charge < -0.3 is 5.73 Å². The molecule has 1 saturated carbocycles. The van der Waals surface area contributed by atoms with Crippen molar-refractivity contribution in [1.29, 1.82) is 0 Å².